The van der Waals surface area contributed by atoms with Gasteiger partial charge in [0.2, 0.25) is 0 Å². The van der Waals surface area contributed by atoms with Crippen molar-refractivity contribution in [3.8, 4) is 0 Å². The maximum atomic E-state index is 5.98. The highest BCUT2D eigenvalue weighted by atomic mass is 35.5. The van der Waals surface area contributed by atoms with Crippen molar-refractivity contribution in [2.45, 2.75) is 26.3 Å². The van der Waals surface area contributed by atoms with Crippen molar-refractivity contribution in [1.82, 2.24) is 0 Å². The summed E-state index contributed by atoms with van der Waals surface area (Å²) in [5, 5.41) is 0. The minimum Gasteiger partial charge on any atom is -0.330 e. The van der Waals surface area contributed by atoms with E-state index < -0.39 is 0 Å². The fourth-order valence-electron chi connectivity index (χ4n) is 1.58. The van der Waals surface area contributed by atoms with Gasteiger partial charge >= 0.3 is 0 Å². The standard InChI is InChI=1S/C11H18N2.ClH/c1-8-3-4-10(9(2)7-8)11(13)5-6-12;/h3-4,7,11H,5-6,12-13H2,1-2H3;1H/t11-;/m1./s1. The lowest BCUT2D eigenvalue weighted by Gasteiger charge is -2.13. The number of rotatable bonds is 3. The Morgan fingerprint density at radius 1 is 1.29 bits per heavy atom. The van der Waals surface area contributed by atoms with Crippen LogP contribution in [0.3, 0.4) is 0 Å². The van der Waals surface area contributed by atoms with Crippen molar-refractivity contribution in [3.63, 3.8) is 0 Å². The molecular weight excluding hydrogens is 196 g/mol. The van der Waals surface area contributed by atoms with Gasteiger partial charge in [0.05, 0.1) is 0 Å². The second-order valence-corrected chi connectivity index (χ2v) is 3.54. The average Bonchev–Trinajstić information content (AvgIpc) is 2.04. The molecule has 0 aliphatic heterocycles. The Balaban J connectivity index is 0.00000169. The summed E-state index contributed by atoms with van der Waals surface area (Å²) < 4.78 is 0. The summed E-state index contributed by atoms with van der Waals surface area (Å²) in [6, 6.07) is 6.45. The fourth-order valence-corrected chi connectivity index (χ4v) is 1.58. The van der Waals surface area contributed by atoms with Gasteiger partial charge in [0.15, 0.2) is 0 Å². The van der Waals surface area contributed by atoms with Crippen molar-refractivity contribution in [3.05, 3.63) is 34.9 Å². The highest BCUT2D eigenvalue weighted by Gasteiger charge is 2.07. The van der Waals surface area contributed by atoms with E-state index >= 15 is 0 Å². The van der Waals surface area contributed by atoms with Crippen LogP contribution >= 0.6 is 12.4 Å². The van der Waals surface area contributed by atoms with Crippen molar-refractivity contribution in [2.75, 3.05) is 6.54 Å². The molecule has 0 radical (unpaired) electrons. The lowest BCUT2D eigenvalue weighted by Crippen LogP contribution is -2.16. The zero-order valence-electron chi connectivity index (χ0n) is 8.79. The Kier molecular flexibility index (Phi) is 5.77. The van der Waals surface area contributed by atoms with E-state index in [0.717, 1.165) is 6.42 Å². The van der Waals surface area contributed by atoms with Crippen LogP contribution in [0.25, 0.3) is 0 Å². The number of nitrogens with two attached hydrogens (primary N) is 2. The summed E-state index contributed by atoms with van der Waals surface area (Å²) >= 11 is 0. The first-order chi connectivity index (χ1) is 6.15. The predicted molar refractivity (Wildman–Crippen MR) is 63.8 cm³/mol. The van der Waals surface area contributed by atoms with Crippen LogP contribution in [0.15, 0.2) is 18.2 Å². The van der Waals surface area contributed by atoms with E-state index in [1.54, 1.807) is 0 Å². The number of aryl methyl sites for hydroxylation is 2. The van der Waals surface area contributed by atoms with Crippen LogP contribution in [0.2, 0.25) is 0 Å². The van der Waals surface area contributed by atoms with Gasteiger partial charge in [0.1, 0.15) is 0 Å². The summed E-state index contributed by atoms with van der Waals surface area (Å²) in [7, 11) is 0. The summed E-state index contributed by atoms with van der Waals surface area (Å²) in [5.74, 6) is 0. The molecule has 14 heavy (non-hydrogen) atoms. The Hall–Kier alpha value is -0.570. The van der Waals surface area contributed by atoms with Crippen LogP contribution in [-0.4, -0.2) is 6.54 Å². The van der Waals surface area contributed by atoms with E-state index in [9.17, 15) is 0 Å². The number of halogens is 1. The molecule has 1 atom stereocenters. The monoisotopic (exact) mass is 214 g/mol. The topological polar surface area (TPSA) is 52.0 Å². The van der Waals surface area contributed by atoms with Gasteiger partial charge in [-0.1, -0.05) is 23.8 Å². The van der Waals surface area contributed by atoms with Gasteiger partial charge in [-0.15, -0.1) is 12.4 Å². The van der Waals surface area contributed by atoms with Crippen LogP contribution in [0.1, 0.15) is 29.2 Å². The normalized spacial score (nSPS) is 12.0. The van der Waals surface area contributed by atoms with Gasteiger partial charge in [0.25, 0.3) is 0 Å². The van der Waals surface area contributed by atoms with E-state index in [0.29, 0.717) is 6.54 Å². The van der Waals surface area contributed by atoms with E-state index in [2.05, 4.69) is 32.0 Å². The van der Waals surface area contributed by atoms with Crippen molar-refractivity contribution >= 4 is 12.4 Å². The number of benzene rings is 1. The van der Waals surface area contributed by atoms with Crippen LogP contribution in [0.4, 0.5) is 0 Å². The van der Waals surface area contributed by atoms with Gasteiger partial charge in [-0.05, 0) is 37.9 Å². The van der Waals surface area contributed by atoms with Gasteiger partial charge in [-0.3, -0.25) is 0 Å². The third kappa shape index (κ3) is 3.29. The van der Waals surface area contributed by atoms with Crippen molar-refractivity contribution in [2.24, 2.45) is 11.5 Å². The minimum atomic E-state index is 0. The van der Waals surface area contributed by atoms with Gasteiger partial charge in [-0.2, -0.15) is 0 Å². The highest BCUT2D eigenvalue weighted by Crippen LogP contribution is 2.18. The molecule has 1 aromatic carbocycles. The van der Waals surface area contributed by atoms with Crippen LogP contribution < -0.4 is 11.5 Å². The van der Waals surface area contributed by atoms with E-state index in [1.165, 1.54) is 16.7 Å². The first-order valence-electron chi connectivity index (χ1n) is 4.68. The molecule has 0 heterocycles. The van der Waals surface area contributed by atoms with Crippen LogP contribution in [0.5, 0.6) is 0 Å². The Bertz CT molecular complexity index is 287. The second-order valence-electron chi connectivity index (χ2n) is 3.54. The van der Waals surface area contributed by atoms with E-state index in [-0.39, 0.29) is 18.4 Å². The molecule has 1 aromatic rings. The zero-order valence-corrected chi connectivity index (χ0v) is 9.60. The number of hydrogen-bond donors (Lipinski definition) is 2. The molecule has 0 fully saturated rings. The molecule has 0 amide bonds. The maximum absolute atomic E-state index is 5.98. The third-order valence-corrected chi connectivity index (χ3v) is 2.30. The molecule has 1 rings (SSSR count). The molecule has 0 bridgehead atoms. The van der Waals surface area contributed by atoms with Crippen molar-refractivity contribution in [1.29, 1.82) is 0 Å². The lowest BCUT2D eigenvalue weighted by molar-refractivity contribution is 0.657. The molecule has 2 nitrogen and oxygen atoms in total. The van der Waals surface area contributed by atoms with Crippen molar-refractivity contribution < 1.29 is 0 Å². The fraction of sp³-hybridized carbons (Fsp3) is 0.455. The smallest absolute Gasteiger partial charge is 0.0309 e. The molecule has 80 valence electrons. The molecule has 0 saturated heterocycles. The average molecular weight is 215 g/mol. The Labute approximate surface area is 92.1 Å². The Morgan fingerprint density at radius 3 is 2.43 bits per heavy atom. The molecule has 0 aliphatic rings. The van der Waals surface area contributed by atoms with Crippen LogP contribution in [0, 0.1) is 13.8 Å². The largest absolute Gasteiger partial charge is 0.330 e. The van der Waals surface area contributed by atoms with Gasteiger partial charge < -0.3 is 11.5 Å². The molecule has 0 aliphatic carbocycles. The molecule has 3 heteroatoms. The summed E-state index contributed by atoms with van der Waals surface area (Å²) in [6.45, 7) is 4.83. The zero-order chi connectivity index (χ0) is 9.84. The molecule has 4 N–H and O–H groups in total. The lowest BCUT2D eigenvalue weighted by atomic mass is 9.98. The van der Waals surface area contributed by atoms with Gasteiger partial charge in [-0.25, -0.2) is 0 Å². The number of hydrogen-bond acceptors (Lipinski definition) is 2. The molecule has 0 saturated carbocycles. The maximum Gasteiger partial charge on any atom is 0.0309 e. The van der Waals surface area contributed by atoms with E-state index in [1.807, 2.05) is 0 Å². The van der Waals surface area contributed by atoms with E-state index in [4.69, 9.17) is 11.5 Å². The van der Waals surface area contributed by atoms with Crippen LogP contribution in [-0.2, 0) is 0 Å². The molecule has 0 aromatic heterocycles. The molecule has 0 unspecified atom stereocenters. The van der Waals surface area contributed by atoms with Gasteiger partial charge in [0, 0.05) is 6.04 Å². The summed E-state index contributed by atoms with van der Waals surface area (Å²) in [5.41, 5.74) is 15.2. The third-order valence-electron chi connectivity index (χ3n) is 2.30. The SMILES string of the molecule is Cc1ccc([C@H](N)CCN)c(C)c1.Cl. The quantitative estimate of drug-likeness (QED) is 0.810. The Morgan fingerprint density at radius 2 is 1.93 bits per heavy atom. The first kappa shape index (κ1) is 13.4. The highest BCUT2D eigenvalue weighted by molar-refractivity contribution is 5.85. The second kappa shape index (κ2) is 6.02. The molecular formula is C11H19ClN2. The summed E-state index contributed by atoms with van der Waals surface area (Å²) in [6.07, 6.45) is 0.851. The minimum absolute atomic E-state index is 0. The summed E-state index contributed by atoms with van der Waals surface area (Å²) in [4.78, 5) is 0. The first-order valence-corrected chi connectivity index (χ1v) is 4.68. The predicted octanol–water partition coefficient (Wildman–Crippen LogP) is 2.07. The molecule has 0 spiro atoms.